The Bertz CT molecular complexity index is 1290. The summed E-state index contributed by atoms with van der Waals surface area (Å²) in [7, 11) is 0. The summed E-state index contributed by atoms with van der Waals surface area (Å²) in [5.41, 5.74) is -1.70. The summed E-state index contributed by atoms with van der Waals surface area (Å²) >= 11 is 0. The summed E-state index contributed by atoms with van der Waals surface area (Å²) in [6.45, 7) is 2.71. The van der Waals surface area contributed by atoms with Crippen molar-refractivity contribution in [3.8, 4) is 11.5 Å². The topological polar surface area (TPSA) is 102 Å². The number of halogens is 4. The minimum absolute atomic E-state index is 0.192. The Morgan fingerprint density at radius 3 is 2.32 bits per heavy atom. The molecule has 0 radical (unpaired) electrons. The highest BCUT2D eigenvalue weighted by molar-refractivity contribution is 5.95. The number of anilines is 1. The van der Waals surface area contributed by atoms with E-state index in [-0.39, 0.29) is 35.1 Å². The van der Waals surface area contributed by atoms with E-state index in [2.05, 4.69) is 10.3 Å². The van der Waals surface area contributed by atoms with Gasteiger partial charge in [0.25, 0.3) is 11.6 Å². The van der Waals surface area contributed by atoms with Crippen molar-refractivity contribution in [1.29, 1.82) is 0 Å². The van der Waals surface area contributed by atoms with Crippen LogP contribution in [0.1, 0.15) is 23.0 Å². The van der Waals surface area contributed by atoms with E-state index in [0.717, 1.165) is 6.07 Å². The van der Waals surface area contributed by atoms with Crippen LogP contribution in [-0.4, -0.2) is 58.8 Å². The van der Waals surface area contributed by atoms with Crippen LogP contribution in [0.2, 0.25) is 0 Å². The van der Waals surface area contributed by atoms with Crippen LogP contribution in [0.15, 0.2) is 60.9 Å². The largest absolute Gasteiger partial charge is 0.618 e. The van der Waals surface area contributed by atoms with Gasteiger partial charge in [-0.3, -0.25) is 14.5 Å². The van der Waals surface area contributed by atoms with Crippen molar-refractivity contribution >= 4 is 17.6 Å². The first-order valence-corrected chi connectivity index (χ1v) is 11.6. The molecule has 0 aliphatic carbocycles. The smallest absolute Gasteiger partial charge is 0.478 e. The third-order valence-electron chi connectivity index (χ3n) is 6.02. The number of aromatic nitrogens is 2. The van der Waals surface area contributed by atoms with Crippen LogP contribution in [0.3, 0.4) is 0 Å². The first-order chi connectivity index (χ1) is 18.0. The van der Waals surface area contributed by atoms with Crippen molar-refractivity contribution in [1.82, 2.24) is 14.8 Å². The number of hydrogen-bond acceptors (Lipinski definition) is 6. The molecule has 3 heterocycles. The van der Waals surface area contributed by atoms with Crippen LogP contribution in [0.5, 0.6) is 11.5 Å². The van der Waals surface area contributed by atoms with E-state index in [1.54, 1.807) is 19.1 Å². The van der Waals surface area contributed by atoms with Crippen molar-refractivity contribution in [2.75, 3.05) is 31.5 Å². The molecule has 1 saturated heterocycles. The lowest BCUT2D eigenvalue weighted by molar-refractivity contribution is -0.629. The van der Waals surface area contributed by atoms with Crippen LogP contribution < -0.4 is 14.8 Å². The summed E-state index contributed by atoms with van der Waals surface area (Å²) < 4.78 is 57.3. The Balaban J connectivity index is 1.29. The fraction of sp³-hybridized carbons (Fsp3) is 0.280. The van der Waals surface area contributed by atoms with Crippen molar-refractivity contribution in [2.45, 2.75) is 19.1 Å². The molecule has 0 saturated carbocycles. The second-order valence-corrected chi connectivity index (χ2v) is 8.55. The van der Waals surface area contributed by atoms with Crippen LogP contribution in [0.4, 0.5) is 23.4 Å². The van der Waals surface area contributed by atoms with Gasteiger partial charge in [0.1, 0.15) is 23.1 Å². The Morgan fingerprint density at radius 1 is 1.05 bits per heavy atom. The molecule has 9 nitrogen and oxygen atoms in total. The lowest BCUT2D eigenvalue weighted by Gasteiger charge is -2.37. The highest BCUT2D eigenvalue weighted by Crippen LogP contribution is 2.27. The average Bonchev–Trinajstić information content (AvgIpc) is 2.90. The number of pyridine rings is 2. The van der Waals surface area contributed by atoms with E-state index in [4.69, 9.17) is 4.74 Å². The van der Waals surface area contributed by atoms with E-state index < -0.39 is 23.8 Å². The molecule has 1 aliphatic heterocycles. The lowest BCUT2D eigenvalue weighted by Crippen LogP contribution is -2.54. The zero-order valence-corrected chi connectivity index (χ0v) is 20.1. The summed E-state index contributed by atoms with van der Waals surface area (Å²) in [5, 5.41) is 14.1. The number of benzene rings is 1. The quantitative estimate of drug-likeness (QED) is 0.296. The predicted octanol–water partition coefficient (Wildman–Crippen LogP) is 3.45. The Labute approximate surface area is 214 Å². The molecule has 13 heteroatoms. The van der Waals surface area contributed by atoms with E-state index in [9.17, 15) is 32.4 Å². The van der Waals surface area contributed by atoms with Gasteiger partial charge in [-0.2, -0.15) is 17.9 Å². The van der Waals surface area contributed by atoms with Gasteiger partial charge < -0.3 is 20.2 Å². The zero-order chi connectivity index (χ0) is 27.4. The first kappa shape index (κ1) is 26.8. The number of carbonyl (C=O) groups excluding carboxylic acids is 2. The highest BCUT2D eigenvalue weighted by Gasteiger charge is 2.40. The number of ether oxygens (including phenoxy) is 1. The third-order valence-corrected chi connectivity index (χ3v) is 6.02. The standard InChI is InChI=1S/C25H23F4N5O4/c1-16(23(35)31-22-7-6-20(15-30-22)38-19-4-2-18(26)3-5-19)32-10-12-33(13-11-32)24(36)17-8-9-34(37)21(14-17)25(27,28)29/h2-9,14-16H,10-13H2,1H3,(H,30,31,35). The second-order valence-electron chi connectivity index (χ2n) is 8.55. The van der Waals surface area contributed by atoms with Crippen molar-refractivity contribution in [3.05, 3.63) is 83.2 Å². The van der Waals surface area contributed by atoms with Gasteiger partial charge in [0.05, 0.1) is 17.8 Å². The summed E-state index contributed by atoms with van der Waals surface area (Å²) in [5.74, 6) is -0.221. The fourth-order valence-corrected chi connectivity index (χ4v) is 3.87. The van der Waals surface area contributed by atoms with E-state index in [1.165, 1.54) is 35.4 Å². The number of nitrogens with zero attached hydrogens (tertiary/aromatic N) is 4. The molecule has 2 amide bonds. The van der Waals surface area contributed by atoms with Crippen LogP contribution in [0, 0.1) is 11.0 Å². The van der Waals surface area contributed by atoms with Crippen LogP contribution in [0.25, 0.3) is 0 Å². The van der Waals surface area contributed by atoms with Gasteiger partial charge in [-0.25, -0.2) is 9.37 Å². The molecule has 4 rings (SSSR count). The molecule has 38 heavy (non-hydrogen) atoms. The number of alkyl halides is 3. The van der Waals surface area contributed by atoms with E-state index >= 15 is 0 Å². The van der Waals surface area contributed by atoms with Crippen molar-refractivity contribution in [3.63, 3.8) is 0 Å². The maximum Gasteiger partial charge on any atom is 0.478 e. The SMILES string of the molecule is CC(C(=O)Nc1ccc(Oc2ccc(F)cc2)cn1)N1CCN(C(=O)c2cc[n+]([O-])c(C(F)(F)F)c2)CC1. The van der Waals surface area contributed by atoms with Gasteiger partial charge in [0.2, 0.25) is 5.91 Å². The molecule has 1 atom stereocenters. The molecule has 2 aromatic heterocycles. The molecule has 200 valence electrons. The van der Waals surface area contributed by atoms with Gasteiger partial charge in [-0.1, -0.05) is 0 Å². The van der Waals surface area contributed by atoms with Gasteiger partial charge in [-0.05, 0) is 43.3 Å². The van der Waals surface area contributed by atoms with Crippen molar-refractivity contribution < 1.29 is 36.6 Å². The van der Waals surface area contributed by atoms with Gasteiger partial charge in [-0.15, -0.1) is 0 Å². The first-order valence-electron chi connectivity index (χ1n) is 11.6. The molecule has 1 aromatic carbocycles. The van der Waals surface area contributed by atoms with E-state index in [1.807, 2.05) is 4.90 Å². The Morgan fingerprint density at radius 2 is 1.71 bits per heavy atom. The molecule has 0 spiro atoms. The van der Waals surface area contributed by atoms with Crippen LogP contribution >= 0.6 is 0 Å². The molecular weight excluding hydrogens is 510 g/mol. The maximum atomic E-state index is 13.0. The van der Waals surface area contributed by atoms with E-state index in [0.29, 0.717) is 42.7 Å². The highest BCUT2D eigenvalue weighted by atomic mass is 19.4. The Hall–Kier alpha value is -4.26. The molecule has 1 N–H and O–H groups in total. The molecular formula is C25H23F4N5O4. The predicted molar refractivity (Wildman–Crippen MR) is 127 cm³/mol. The second kappa shape index (κ2) is 11.0. The number of amides is 2. The fourth-order valence-electron chi connectivity index (χ4n) is 3.87. The normalized spacial score (nSPS) is 15.1. The monoisotopic (exact) mass is 533 g/mol. The van der Waals surface area contributed by atoms with Gasteiger partial charge in [0, 0.05) is 38.3 Å². The third kappa shape index (κ3) is 6.35. The van der Waals surface area contributed by atoms with Crippen LogP contribution in [-0.2, 0) is 11.0 Å². The molecule has 0 bridgehead atoms. The zero-order valence-electron chi connectivity index (χ0n) is 20.1. The number of carbonyl (C=O) groups is 2. The number of hydrogen-bond donors (Lipinski definition) is 1. The van der Waals surface area contributed by atoms with Gasteiger partial charge in [0.15, 0.2) is 6.20 Å². The van der Waals surface area contributed by atoms with Crippen molar-refractivity contribution in [2.24, 2.45) is 0 Å². The van der Waals surface area contributed by atoms with Gasteiger partial charge >= 0.3 is 6.18 Å². The average molecular weight is 533 g/mol. The molecule has 1 unspecified atom stereocenters. The summed E-state index contributed by atoms with van der Waals surface area (Å²) in [6.07, 6.45) is -2.81. The molecule has 1 aliphatic rings. The number of rotatable bonds is 6. The number of piperazine rings is 1. The minimum Gasteiger partial charge on any atom is -0.618 e. The molecule has 3 aromatic rings. The lowest BCUT2D eigenvalue weighted by atomic mass is 10.1. The minimum atomic E-state index is -4.88. The molecule has 1 fully saturated rings. The maximum absolute atomic E-state index is 13.0. The summed E-state index contributed by atoms with van der Waals surface area (Å²) in [6, 6.07) is 9.66. The Kier molecular flexibility index (Phi) is 7.76. The number of nitrogens with one attached hydrogen (secondary N) is 1. The summed E-state index contributed by atoms with van der Waals surface area (Å²) in [4.78, 5) is 32.8.